The van der Waals surface area contributed by atoms with Crippen molar-refractivity contribution in [1.29, 1.82) is 0 Å². The van der Waals surface area contributed by atoms with Gasteiger partial charge in [0.1, 0.15) is 12.2 Å². The Bertz CT molecular complexity index is 714. The number of carbonyl (C=O) groups excluding carboxylic acids is 4. The van der Waals surface area contributed by atoms with E-state index in [0.717, 1.165) is 12.8 Å². The molecule has 0 bridgehead atoms. The van der Waals surface area contributed by atoms with E-state index in [1.54, 1.807) is 37.8 Å². The normalized spacial score (nSPS) is 25.8. The second-order valence-corrected chi connectivity index (χ2v) is 9.36. The molecule has 1 saturated heterocycles. The number of aliphatic hydroxyl groups excluding tert-OH is 1. The van der Waals surface area contributed by atoms with E-state index in [2.05, 4.69) is 5.32 Å². The van der Waals surface area contributed by atoms with Gasteiger partial charge in [-0.3, -0.25) is 19.2 Å². The summed E-state index contributed by atoms with van der Waals surface area (Å²) >= 11 is 0. The summed E-state index contributed by atoms with van der Waals surface area (Å²) in [5.74, 6) is -2.56. The molecule has 2 aliphatic heterocycles. The van der Waals surface area contributed by atoms with Gasteiger partial charge in [0.25, 0.3) is 0 Å². The average molecular weight is 453 g/mol. The highest BCUT2D eigenvalue weighted by Gasteiger charge is 2.35. The molecular formula is C23H36N2O7. The fourth-order valence-corrected chi connectivity index (χ4v) is 3.96. The van der Waals surface area contributed by atoms with Crippen molar-refractivity contribution in [2.75, 3.05) is 26.3 Å². The van der Waals surface area contributed by atoms with Crippen LogP contribution in [0.2, 0.25) is 0 Å². The fourth-order valence-electron chi connectivity index (χ4n) is 3.96. The van der Waals surface area contributed by atoms with Gasteiger partial charge in [-0.25, -0.2) is 0 Å². The maximum Gasteiger partial charge on any atom is 0.309 e. The number of nitrogens with zero attached hydrogens (tertiary/aromatic N) is 1. The number of allylic oxidation sites excluding steroid dienone is 2. The Morgan fingerprint density at radius 1 is 1.19 bits per heavy atom. The van der Waals surface area contributed by atoms with Crippen molar-refractivity contribution >= 4 is 23.8 Å². The summed E-state index contributed by atoms with van der Waals surface area (Å²) in [6.45, 7) is 5.92. The van der Waals surface area contributed by atoms with Gasteiger partial charge in [0, 0.05) is 19.5 Å². The minimum Gasteiger partial charge on any atom is -0.463 e. The quantitative estimate of drug-likeness (QED) is 0.460. The molecule has 180 valence electrons. The first-order valence-corrected chi connectivity index (χ1v) is 11.3. The Balaban J connectivity index is 2.14. The minimum absolute atomic E-state index is 0.0213. The molecule has 2 amide bonds. The molecule has 0 aliphatic carbocycles. The standard InChI is InChI=1S/C23H36N2O7/c1-23(2,3)32-20(28)14-17-8-5-4-7-16(13-19(27)24-10-12-26)21(29)25-11-6-9-18(25)15-31-22(17)30/h4-5,16-18,26H,6-15H2,1-3H3,(H,24,27)/b5-4+/t16-,17+,18-/m0/s1. The van der Waals surface area contributed by atoms with Crippen molar-refractivity contribution in [2.24, 2.45) is 11.8 Å². The third kappa shape index (κ3) is 8.26. The van der Waals surface area contributed by atoms with Gasteiger partial charge < -0.3 is 24.8 Å². The number of hydrogen-bond acceptors (Lipinski definition) is 7. The van der Waals surface area contributed by atoms with Crippen LogP contribution < -0.4 is 5.32 Å². The Morgan fingerprint density at radius 3 is 2.53 bits per heavy atom. The predicted molar refractivity (Wildman–Crippen MR) is 116 cm³/mol. The van der Waals surface area contributed by atoms with Gasteiger partial charge in [-0.05, 0) is 46.5 Å². The SMILES string of the molecule is CC(C)(C)OC(=O)C[C@H]1C/C=C/C[C@@H](CC(=O)NCCO)C(=O)N2CCC[C@H]2COC1=O. The third-order valence-electron chi connectivity index (χ3n) is 5.47. The van der Waals surface area contributed by atoms with Crippen molar-refractivity contribution in [2.45, 2.75) is 70.9 Å². The first-order chi connectivity index (χ1) is 15.1. The predicted octanol–water partition coefficient (Wildman–Crippen LogP) is 1.33. The van der Waals surface area contributed by atoms with Crippen molar-refractivity contribution in [1.82, 2.24) is 10.2 Å². The number of aliphatic hydroxyl groups is 1. The van der Waals surface area contributed by atoms with Crippen LogP contribution in [-0.2, 0) is 28.7 Å². The molecule has 0 aromatic rings. The van der Waals surface area contributed by atoms with E-state index >= 15 is 0 Å². The third-order valence-corrected chi connectivity index (χ3v) is 5.47. The van der Waals surface area contributed by atoms with Gasteiger partial charge in [-0.15, -0.1) is 0 Å². The summed E-state index contributed by atoms with van der Waals surface area (Å²) in [7, 11) is 0. The van der Waals surface area contributed by atoms with Gasteiger partial charge in [-0.1, -0.05) is 12.2 Å². The lowest BCUT2D eigenvalue weighted by Gasteiger charge is -2.29. The molecule has 0 aromatic heterocycles. The highest BCUT2D eigenvalue weighted by Crippen LogP contribution is 2.25. The fraction of sp³-hybridized carbons (Fsp3) is 0.739. The van der Waals surface area contributed by atoms with E-state index < -0.39 is 29.4 Å². The van der Waals surface area contributed by atoms with Gasteiger partial charge >= 0.3 is 11.9 Å². The van der Waals surface area contributed by atoms with E-state index in [1.165, 1.54) is 0 Å². The van der Waals surface area contributed by atoms with Crippen molar-refractivity contribution in [3.8, 4) is 0 Å². The zero-order valence-electron chi connectivity index (χ0n) is 19.3. The maximum absolute atomic E-state index is 13.1. The van der Waals surface area contributed by atoms with E-state index in [9.17, 15) is 19.2 Å². The van der Waals surface area contributed by atoms with Crippen molar-refractivity contribution < 1.29 is 33.8 Å². The molecule has 32 heavy (non-hydrogen) atoms. The Morgan fingerprint density at radius 2 is 1.88 bits per heavy atom. The van der Waals surface area contributed by atoms with Crippen molar-refractivity contribution in [3.05, 3.63) is 12.2 Å². The molecular weight excluding hydrogens is 416 g/mol. The van der Waals surface area contributed by atoms with E-state index in [1.807, 2.05) is 0 Å². The highest BCUT2D eigenvalue weighted by atomic mass is 16.6. The number of esters is 2. The second-order valence-electron chi connectivity index (χ2n) is 9.36. The van der Waals surface area contributed by atoms with Gasteiger partial charge in [-0.2, -0.15) is 0 Å². The summed E-state index contributed by atoms with van der Waals surface area (Å²) in [4.78, 5) is 52.0. The molecule has 3 atom stereocenters. The largest absolute Gasteiger partial charge is 0.463 e. The average Bonchev–Trinajstić information content (AvgIpc) is 3.17. The Hall–Kier alpha value is -2.42. The van der Waals surface area contributed by atoms with Gasteiger partial charge in [0.15, 0.2) is 0 Å². The van der Waals surface area contributed by atoms with Crippen LogP contribution in [0.3, 0.4) is 0 Å². The van der Waals surface area contributed by atoms with Crippen LogP contribution in [0.5, 0.6) is 0 Å². The molecule has 1 fully saturated rings. The number of nitrogens with one attached hydrogen (secondary N) is 1. The highest BCUT2D eigenvalue weighted by molar-refractivity contribution is 5.86. The van der Waals surface area contributed by atoms with Crippen LogP contribution >= 0.6 is 0 Å². The van der Waals surface area contributed by atoms with Crippen LogP contribution in [0.25, 0.3) is 0 Å². The van der Waals surface area contributed by atoms with E-state index in [4.69, 9.17) is 14.6 Å². The molecule has 0 spiro atoms. The topological polar surface area (TPSA) is 122 Å². The number of ether oxygens (including phenoxy) is 2. The zero-order chi connectivity index (χ0) is 23.7. The van der Waals surface area contributed by atoms with Crippen LogP contribution in [0.1, 0.15) is 59.3 Å². The van der Waals surface area contributed by atoms with Gasteiger partial charge in [0.2, 0.25) is 11.8 Å². The van der Waals surface area contributed by atoms with E-state index in [-0.39, 0.29) is 56.9 Å². The van der Waals surface area contributed by atoms with Crippen LogP contribution in [0.15, 0.2) is 12.2 Å². The number of cyclic esters (lactones) is 1. The monoisotopic (exact) mass is 452 g/mol. The molecule has 9 nitrogen and oxygen atoms in total. The molecule has 0 unspecified atom stereocenters. The number of hydrogen-bond donors (Lipinski definition) is 2. The molecule has 2 rings (SSSR count). The Labute approximate surface area is 189 Å². The molecule has 9 heteroatoms. The molecule has 2 aliphatic rings. The molecule has 0 aromatic carbocycles. The maximum atomic E-state index is 13.1. The van der Waals surface area contributed by atoms with Crippen LogP contribution in [0.4, 0.5) is 0 Å². The number of rotatable bonds is 6. The Kier molecular flexibility index (Phi) is 9.68. The van der Waals surface area contributed by atoms with E-state index in [0.29, 0.717) is 13.0 Å². The molecule has 2 N–H and O–H groups in total. The first kappa shape index (κ1) is 25.8. The van der Waals surface area contributed by atoms with Crippen LogP contribution in [-0.4, -0.2) is 71.7 Å². The second kappa shape index (κ2) is 12.0. The lowest BCUT2D eigenvalue weighted by Crippen LogP contribution is -2.44. The summed E-state index contributed by atoms with van der Waals surface area (Å²) in [6.07, 6.45) is 5.62. The molecule has 0 radical (unpaired) electrons. The minimum atomic E-state index is -0.669. The van der Waals surface area contributed by atoms with Gasteiger partial charge in [0.05, 0.1) is 30.9 Å². The van der Waals surface area contributed by atoms with Crippen LogP contribution in [0, 0.1) is 11.8 Å². The zero-order valence-corrected chi connectivity index (χ0v) is 19.3. The number of amides is 2. The lowest BCUT2D eigenvalue weighted by molar-refractivity contribution is -0.162. The smallest absolute Gasteiger partial charge is 0.309 e. The molecule has 2 heterocycles. The molecule has 0 saturated carbocycles. The summed E-state index contributed by atoms with van der Waals surface area (Å²) in [6, 6.07) is -0.236. The number of fused-ring (bicyclic) bond motifs is 1. The first-order valence-electron chi connectivity index (χ1n) is 11.3. The lowest BCUT2D eigenvalue weighted by atomic mass is 9.96. The summed E-state index contributed by atoms with van der Waals surface area (Å²) in [5, 5.41) is 11.5. The number of carbonyl (C=O) groups is 4. The summed E-state index contributed by atoms with van der Waals surface area (Å²) < 4.78 is 10.9. The van der Waals surface area contributed by atoms with Crippen molar-refractivity contribution in [3.63, 3.8) is 0 Å². The summed E-state index contributed by atoms with van der Waals surface area (Å²) in [5.41, 5.74) is -0.642.